The second-order valence-electron chi connectivity index (χ2n) is 7.17. The van der Waals surface area contributed by atoms with Crippen LogP contribution in [0.3, 0.4) is 0 Å². The van der Waals surface area contributed by atoms with Gasteiger partial charge in [-0.15, -0.1) is 0 Å². The SMILES string of the molecule is CC(C)(C(=O)O)n1cc(NC(=O)COc2cccc(NC(=O)C3CC3)c2)cn1. The lowest BCUT2D eigenvalue weighted by Gasteiger charge is -2.19. The van der Waals surface area contributed by atoms with E-state index >= 15 is 0 Å². The van der Waals surface area contributed by atoms with Gasteiger partial charge in [0.05, 0.1) is 11.9 Å². The molecule has 1 aromatic carbocycles. The van der Waals surface area contributed by atoms with E-state index in [1.54, 1.807) is 24.3 Å². The highest BCUT2D eigenvalue weighted by Crippen LogP contribution is 2.30. The quantitative estimate of drug-likeness (QED) is 0.638. The van der Waals surface area contributed by atoms with E-state index < -0.39 is 17.4 Å². The number of rotatable bonds is 8. The highest BCUT2D eigenvalue weighted by Gasteiger charge is 2.30. The minimum absolute atomic E-state index is 0.00353. The van der Waals surface area contributed by atoms with Crippen LogP contribution in [0.4, 0.5) is 11.4 Å². The number of nitrogens with zero attached hydrogens (tertiary/aromatic N) is 2. The van der Waals surface area contributed by atoms with Gasteiger partial charge in [-0.3, -0.25) is 14.3 Å². The Labute approximate surface area is 161 Å². The Kier molecular flexibility index (Phi) is 5.34. The molecule has 1 saturated carbocycles. The van der Waals surface area contributed by atoms with Crippen molar-refractivity contribution in [3.63, 3.8) is 0 Å². The fourth-order valence-electron chi connectivity index (χ4n) is 2.39. The van der Waals surface area contributed by atoms with Crippen LogP contribution in [0.25, 0.3) is 0 Å². The number of amides is 2. The van der Waals surface area contributed by atoms with Gasteiger partial charge in [0, 0.05) is 23.9 Å². The van der Waals surface area contributed by atoms with Gasteiger partial charge in [-0.2, -0.15) is 5.10 Å². The number of nitrogens with one attached hydrogen (secondary N) is 2. The van der Waals surface area contributed by atoms with Crippen molar-refractivity contribution in [3.8, 4) is 5.75 Å². The van der Waals surface area contributed by atoms with E-state index in [0.717, 1.165) is 12.8 Å². The number of aliphatic carboxylic acids is 1. The van der Waals surface area contributed by atoms with Crippen LogP contribution in [0.5, 0.6) is 5.75 Å². The lowest BCUT2D eigenvalue weighted by atomic mass is 10.1. The Bertz CT molecular complexity index is 901. The van der Waals surface area contributed by atoms with E-state index in [9.17, 15) is 19.5 Å². The van der Waals surface area contributed by atoms with Gasteiger partial charge < -0.3 is 20.5 Å². The van der Waals surface area contributed by atoms with Gasteiger partial charge in [-0.05, 0) is 38.8 Å². The molecule has 1 heterocycles. The van der Waals surface area contributed by atoms with Crippen LogP contribution in [0.1, 0.15) is 26.7 Å². The smallest absolute Gasteiger partial charge is 0.331 e. The molecule has 0 saturated heterocycles. The van der Waals surface area contributed by atoms with E-state index in [2.05, 4.69) is 15.7 Å². The van der Waals surface area contributed by atoms with E-state index in [1.165, 1.54) is 30.9 Å². The number of benzene rings is 1. The first-order valence-corrected chi connectivity index (χ1v) is 8.88. The number of anilines is 2. The summed E-state index contributed by atoms with van der Waals surface area (Å²) in [7, 11) is 0. The number of aromatic nitrogens is 2. The monoisotopic (exact) mass is 386 g/mol. The van der Waals surface area contributed by atoms with Crippen molar-refractivity contribution < 1.29 is 24.2 Å². The third-order valence-corrected chi connectivity index (χ3v) is 4.38. The van der Waals surface area contributed by atoms with E-state index in [0.29, 0.717) is 17.1 Å². The summed E-state index contributed by atoms with van der Waals surface area (Å²) in [5.74, 6) is -0.907. The first-order valence-electron chi connectivity index (χ1n) is 8.88. The normalized spacial score (nSPS) is 13.6. The van der Waals surface area contributed by atoms with E-state index in [4.69, 9.17) is 4.74 Å². The lowest BCUT2D eigenvalue weighted by Crippen LogP contribution is -2.35. The highest BCUT2D eigenvalue weighted by molar-refractivity contribution is 5.94. The zero-order valence-electron chi connectivity index (χ0n) is 15.6. The van der Waals surface area contributed by atoms with Crippen molar-refractivity contribution in [2.75, 3.05) is 17.2 Å². The fraction of sp³-hybridized carbons (Fsp3) is 0.368. The summed E-state index contributed by atoms with van der Waals surface area (Å²) < 4.78 is 6.73. The van der Waals surface area contributed by atoms with Gasteiger partial charge >= 0.3 is 5.97 Å². The number of carboxylic acids is 1. The Balaban J connectivity index is 1.52. The summed E-state index contributed by atoms with van der Waals surface area (Å²) in [6.07, 6.45) is 4.65. The summed E-state index contributed by atoms with van der Waals surface area (Å²) in [5.41, 5.74) is -0.245. The molecule has 9 nitrogen and oxygen atoms in total. The molecule has 1 aliphatic carbocycles. The van der Waals surface area contributed by atoms with Crippen LogP contribution in [0.2, 0.25) is 0 Å². The molecule has 0 bridgehead atoms. The Morgan fingerprint density at radius 1 is 1.25 bits per heavy atom. The first kappa shape index (κ1) is 19.4. The molecule has 1 aliphatic rings. The van der Waals surface area contributed by atoms with Crippen molar-refractivity contribution in [3.05, 3.63) is 36.7 Å². The standard InChI is InChI=1S/C19H22N4O5/c1-19(2,18(26)27)23-10-14(9-20-23)21-16(24)11-28-15-5-3-4-13(8-15)22-17(25)12-6-7-12/h3-5,8-10,12H,6-7,11H2,1-2H3,(H,21,24)(H,22,25)(H,26,27). The molecular weight excluding hydrogens is 364 g/mol. The molecule has 3 N–H and O–H groups in total. The summed E-state index contributed by atoms with van der Waals surface area (Å²) in [6, 6.07) is 6.83. The third-order valence-electron chi connectivity index (χ3n) is 4.38. The largest absolute Gasteiger partial charge is 0.484 e. The average Bonchev–Trinajstić information content (AvgIpc) is 3.39. The van der Waals surface area contributed by atoms with E-state index in [-0.39, 0.29) is 18.4 Å². The number of carboxylic acid groups (broad SMARTS) is 1. The lowest BCUT2D eigenvalue weighted by molar-refractivity contribution is -0.146. The predicted octanol–water partition coefficient (Wildman–Crippen LogP) is 2.07. The van der Waals surface area contributed by atoms with Crippen molar-refractivity contribution in [1.29, 1.82) is 0 Å². The number of carbonyl (C=O) groups excluding carboxylic acids is 2. The molecule has 9 heteroatoms. The van der Waals surface area contributed by atoms with Gasteiger partial charge in [0.1, 0.15) is 5.75 Å². The molecular formula is C19H22N4O5. The molecule has 0 radical (unpaired) electrons. The second-order valence-corrected chi connectivity index (χ2v) is 7.17. The molecule has 1 aromatic heterocycles. The minimum Gasteiger partial charge on any atom is -0.484 e. The Morgan fingerprint density at radius 3 is 2.68 bits per heavy atom. The van der Waals surface area contributed by atoms with Gasteiger partial charge in [0.25, 0.3) is 5.91 Å². The summed E-state index contributed by atoms with van der Waals surface area (Å²) in [4.78, 5) is 35.1. The third kappa shape index (κ3) is 4.67. The summed E-state index contributed by atoms with van der Waals surface area (Å²) in [5, 5.41) is 18.6. The van der Waals surface area contributed by atoms with Crippen LogP contribution in [0, 0.1) is 5.92 Å². The van der Waals surface area contributed by atoms with Crippen LogP contribution >= 0.6 is 0 Å². The first-order chi connectivity index (χ1) is 13.3. The number of ether oxygens (including phenoxy) is 1. The van der Waals surface area contributed by atoms with E-state index in [1.807, 2.05) is 0 Å². The van der Waals surface area contributed by atoms with Gasteiger partial charge in [-0.1, -0.05) is 6.07 Å². The second kappa shape index (κ2) is 7.71. The van der Waals surface area contributed by atoms with Crippen LogP contribution in [0.15, 0.2) is 36.7 Å². The van der Waals surface area contributed by atoms with Crippen LogP contribution in [-0.4, -0.2) is 39.3 Å². The molecule has 0 unspecified atom stereocenters. The van der Waals surface area contributed by atoms with Crippen molar-refractivity contribution in [2.24, 2.45) is 5.92 Å². The molecule has 0 spiro atoms. The summed E-state index contributed by atoms with van der Waals surface area (Å²) >= 11 is 0. The zero-order chi connectivity index (χ0) is 20.3. The Hall–Kier alpha value is -3.36. The number of carbonyl (C=O) groups is 3. The minimum atomic E-state index is -1.23. The van der Waals surface area contributed by atoms with Gasteiger partial charge in [-0.25, -0.2) is 4.79 Å². The van der Waals surface area contributed by atoms with Gasteiger partial charge in [0.2, 0.25) is 5.91 Å². The fourth-order valence-corrected chi connectivity index (χ4v) is 2.39. The molecule has 2 aromatic rings. The maximum absolute atomic E-state index is 12.1. The topological polar surface area (TPSA) is 123 Å². The van der Waals surface area contributed by atoms with Gasteiger partial charge in [0.15, 0.2) is 12.1 Å². The van der Waals surface area contributed by atoms with Crippen LogP contribution < -0.4 is 15.4 Å². The predicted molar refractivity (Wildman–Crippen MR) is 101 cm³/mol. The highest BCUT2D eigenvalue weighted by atomic mass is 16.5. The molecule has 0 aliphatic heterocycles. The zero-order valence-corrected chi connectivity index (χ0v) is 15.6. The molecule has 2 amide bonds. The van der Waals surface area contributed by atoms with Crippen molar-refractivity contribution in [1.82, 2.24) is 9.78 Å². The van der Waals surface area contributed by atoms with Crippen LogP contribution in [-0.2, 0) is 19.9 Å². The molecule has 3 rings (SSSR count). The summed E-state index contributed by atoms with van der Waals surface area (Å²) in [6.45, 7) is 2.77. The van der Waals surface area contributed by atoms with Crippen molar-refractivity contribution >= 4 is 29.2 Å². The number of hydrogen-bond donors (Lipinski definition) is 3. The maximum Gasteiger partial charge on any atom is 0.331 e. The average molecular weight is 386 g/mol. The van der Waals surface area contributed by atoms with Crippen molar-refractivity contribution in [2.45, 2.75) is 32.2 Å². The maximum atomic E-state index is 12.1. The Morgan fingerprint density at radius 2 is 2.00 bits per heavy atom. The molecule has 28 heavy (non-hydrogen) atoms. The molecule has 148 valence electrons. The molecule has 0 atom stereocenters. The number of hydrogen-bond acceptors (Lipinski definition) is 5. The molecule has 1 fully saturated rings.